The van der Waals surface area contributed by atoms with E-state index in [0.29, 0.717) is 12.8 Å². The van der Waals surface area contributed by atoms with Gasteiger partial charge < -0.3 is 13.6 Å². The van der Waals surface area contributed by atoms with E-state index in [2.05, 4.69) is 92.0 Å². The molecule has 1 aromatic carbocycles. The predicted molar refractivity (Wildman–Crippen MR) is 135 cm³/mol. The maximum Gasteiger partial charge on any atom is 0.192 e. The number of benzene rings is 1. The Labute approximate surface area is 187 Å². The lowest BCUT2D eigenvalue weighted by molar-refractivity contribution is -0.109. The van der Waals surface area contributed by atoms with Crippen LogP contribution in [0.2, 0.25) is 36.3 Å². The lowest BCUT2D eigenvalue weighted by Crippen LogP contribution is -2.47. The van der Waals surface area contributed by atoms with Gasteiger partial charge >= 0.3 is 0 Å². The number of carbonyl (C=O) groups is 1. The van der Waals surface area contributed by atoms with E-state index >= 15 is 0 Å². The molecule has 0 heterocycles. The van der Waals surface area contributed by atoms with Gasteiger partial charge in [-0.15, -0.1) is 0 Å². The van der Waals surface area contributed by atoms with Crippen molar-refractivity contribution < 1.29 is 13.6 Å². The number of aldehydes is 1. The Morgan fingerprint density at radius 2 is 1.37 bits per heavy atom. The zero-order chi connectivity index (χ0) is 23.2. The summed E-state index contributed by atoms with van der Waals surface area (Å²) in [5.74, 6) is 0. The molecule has 5 heteroatoms. The molecule has 3 nitrogen and oxygen atoms in total. The SMILES string of the molecule is CC(C)(C)[Si](C)(C)O[C@@H](CC=O)C[C@H](/C=C/c1ccccc1)O[Si](C)(C)C(C)(C)C. The molecule has 0 aliphatic carbocycles. The second-order valence-electron chi connectivity index (χ2n) is 11.3. The van der Waals surface area contributed by atoms with E-state index in [-0.39, 0.29) is 22.3 Å². The summed E-state index contributed by atoms with van der Waals surface area (Å²) in [5, 5.41) is 0.218. The maximum atomic E-state index is 11.4. The highest BCUT2D eigenvalue weighted by molar-refractivity contribution is 6.74. The van der Waals surface area contributed by atoms with Crippen molar-refractivity contribution in [2.75, 3.05) is 0 Å². The summed E-state index contributed by atoms with van der Waals surface area (Å²) in [7, 11) is -3.96. The summed E-state index contributed by atoms with van der Waals surface area (Å²) >= 11 is 0. The average molecular weight is 449 g/mol. The first-order valence-corrected chi connectivity index (χ1v) is 16.9. The van der Waals surface area contributed by atoms with E-state index in [0.717, 1.165) is 11.8 Å². The molecule has 1 rings (SSSR count). The van der Waals surface area contributed by atoms with E-state index in [1.54, 1.807) is 0 Å². The maximum absolute atomic E-state index is 11.4. The number of hydrogen-bond donors (Lipinski definition) is 0. The second-order valence-corrected chi connectivity index (χ2v) is 20.8. The Morgan fingerprint density at radius 1 is 0.867 bits per heavy atom. The fraction of sp³-hybridized carbons (Fsp3) is 0.640. The van der Waals surface area contributed by atoms with E-state index in [1.165, 1.54) is 0 Å². The molecule has 170 valence electrons. The van der Waals surface area contributed by atoms with Crippen molar-refractivity contribution in [3.05, 3.63) is 42.0 Å². The van der Waals surface area contributed by atoms with Crippen LogP contribution in [0.25, 0.3) is 6.08 Å². The normalized spacial score (nSPS) is 15.9. The molecule has 0 aliphatic heterocycles. The lowest BCUT2D eigenvalue weighted by atomic mass is 10.1. The Hall–Kier alpha value is -1.02. The molecule has 0 saturated carbocycles. The Balaban J connectivity index is 3.14. The van der Waals surface area contributed by atoms with Gasteiger partial charge in [-0.3, -0.25) is 0 Å². The van der Waals surface area contributed by atoms with E-state index in [9.17, 15) is 4.79 Å². The Morgan fingerprint density at radius 3 is 1.83 bits per heavy atom. The Bertz CT molecular complexity index is 683. The van der Waals surface area contributed by atoms with Crippen LogP contribution in [-0.2, 0) is 13.6 Å². The zero-order valence-electron chi connectivity index (χ0n) is 20.9. The minimum absolute atomic E-state index is 0.0826. The molecule has 0 aromatic heterocycles. The van der Waals surface area contributed by atoms with Gasteiger partial charge in [0.05, 0.1) is 12.2 Å². The van der Waals surface area contributed by atoms with Crippen LogP contribution >= 0.6 is 0 Å². The average Bonchev–Trinajstić information content (AvgIpc) is 2.58. The van der Waals surface area contributed by atoms with Gasteiger partial charge in [0.15, 0.2) is 16.6 Å². The van der Waals surface area contributed by atoms with Crippen LogP contribution < -0.4 is 0 Å². The second kappa shape index (κ2) is 10.5. The summed E-state index contributed by atoms with van der Waals surface area (Å²) in [6.45, 7) is 22.5. The zero-order valence-corrected chi connectivity index (χ0v) is 22.9. The highest BCUT2D eigenvalue weighted by Gasteiger charge is 2.41. The number of rotatable bonds is 10. The van der Waals surface area contributed by atoms with E-state index in [1.807, 2.05) is 18.2 Å². The van der Waals surface area contributed by atoms with Crippen molar-refractivity contribution in [1.82, 2.24) is 0 Å². The third-order valence-corrected chi connectivity index (χ3v) is 15.7. The molecule has 0 spiro atoms. The molecule has 0 unspecified atom stereocenters. The summed E-state index contributed by atoms with van der Waals surface area (Å²) in [4.78, 5) is 11.4. The molecule has 0 fully saturated rings. The van der Waals surface area contributed by atoms with Gasteiger partial charge in [-0.05, 0) is 41.8 Å². The van der Waals surface area contributed by atoms with Crippen LogP contribution in [0.15, 0.2) is 36.4 Å². The van der Waals surface area contributed by atoms with E-state index in [4.69, 9.17) is 8.85 Å². The summed E-state index contributed by atoms with van der Waals surface area (Å²) in [6, 6.07) is 10.3. The molecule has 30 heavy (non-hydrogen) atoms. The van der Waals surface area contributed by atoms with Gasteiger partial charge in [0, 0.05) is 12.8 Å². The largest absolute Gasteiger partial charge is 0.413 e. The van der Waals surface area contributed by atoms with Gasteiger partial charge in [-0.25, -0.2) is 0 Å². The number of hydrogen-bond acceptors (Lipinski definition) is 3. The molecular formula is C25H44O3Si2. The molecule has 0 aliphatic rings. The van der Waals surface area contributed by atoms with Gasteiger partial charge in [0.25, 0.3) is 0 Å². The molecule has 0 N–H and O–H groups in total. The van der Waals surface area contributed by atoms with Gasteiger partial charge in [0.1, 0.15) is 6.29 Å². The fourth-order valence-corrected chi connectivity index (χ4v) is 5.32. The van der Waals surface area contributed by atoms with Gasteiger partial charge in [-0.1, -0.05) is 84.0 Å². The van der Waals surface area contributed by atoms with Crippen LogP contribution in [-0.4, -0.2) is 35.1 Å². The quantitative estimate of drug-likeness (QED) is 0.275. The summed E-state index contributed by atoms with van der Waals surface area (Å²) in [5.41, 5.74) is 1.15. The summed E-state index contributed by atoms with van der Waals surface area (Å²) in [6.07, 6.45) is 6.16. The topological polar surface area (TPSA) is 35.5 Å². The predicted octanol–water partition coefficient (Wildman–Crippen LogP) is 7.46. The third-order valence-electron chi connectivity index (χ3n) is 6.68. The highest BCUT2D eigenvalue weighted by atomic mass is 28.4. The van der Waals surface area contributed by atoms with Gasteiger partial charge in [-0.2, -0.15) is 0 Å². The molecule has 1 aromatic rings. The van der Waals surface area contributed by atoms with Crippen LogP contribution in [0, 0.1) is 0 Å². The molecule has 0 radical (unpaired) electrons. The lowest BCUT2D eigenvalue weighted by Gasteiger charge is -2.42. The van der Waals surface area contributed by atoms with E-state index < -0.39 is 16.6 Å². The van der Waals surface area contributed by atoms with Crippen molar-refractivity contribution >= 4 is 29.0 Å². The minimum atomic E-state index is -1.98. The molecular weight excluding hydrogens is 404 g/mol. The standard InChI is InChI=1S/C25H44O3Si2/c1-24(2,3)29(7,8)27-22(17-16-21-14-12-11-13-15-21)20-23(18-19-26)28-30(9,10)25(4,5)6/h11-17,19,22-23H,18,20H2,1-10H3/b17-16+/t22-,23-/m0/s1. The van der Waals surface area contributed by atoms with Crippen molar-refractivity contribution in [2.24, 2.45) is 0 Å². The van der Waals surface area contributed by atoms with Crippen molar-refractivity contribution in [3.8, 4) is 0 Å². The first-order valence-electron chi connectivity index (χ1n) is 11.1. The highest BCUT2D eigenvalue weighted by Crippen LogP contribution is 2.40. The van der Waals surface area contributed by atoms with Crippen molar-refractivity contribution in [2.45, 2.75) is 103 Å². The molecule has 0 bridgehead atoms. The fourth-order valence-electron chi connectivity index (χ4n) is 2.66. The van der Waals surface area contributed by atoms with Crippen molar-refractivity contribution in [1.29, 1.82) is 0 Å². The molecule has 0 saturated heterocycles. The van der Waals surface area contributed by atoms with Crippen molar-refractivity contribution in [3.63, 3.8) is 0 Å². The minimum Gasteiger partial charge on any atom is -0.413 e. The first kappa shape index (κ1) is 27.0. The molecule has 0 amide bonds. The van der Waals surface area contributed by atoms with Crippen LogP contribution in [0.5, 0.6) is 0 Å². The van der Waals surface area contributed by atoms with Crippen LogP contribution in [0.3, 0.4) is 0 Å². The van der Waals surface area contributed by atoms with Crippen LogP contribution in [0.1, 0.15) is 59.9 Å². The summed E-state index contributed by atoms with van der Waals surface area (Å²) < 4.78 is 13.4. The first-order chi connectivity index (χ1) is 13.6. The monoisotopic (exact) mass is 448 g/mol. The number of carbonyl (C=O) groups excluding carboxylic acids is 1. The third kappa shape index (κ3) is 8.25. The van der Waals surface area contributed by atoms with Gasteiger partial charge in [0.2, 0.25) is 0 Å². The Kier molecular flexibility index (Phi) is 9.49. The smallest absolute Gasteiger partial charge is 0.192 e. The molecule has 2 atom stereocenters. The van der Waals surface area contributed by atoms with Crippen LogP contribution in [0.4, 0.5) is 0 Å².